The van der Waals surface area contributed by atoms with Gasteiger partial charge in [0.05, 0.1) is 19.8 Å². The van der Waals surface area contributed by atoms with Crippen LogP contribution in [-0.2, 0) is 17.9 Å². The van der Waals surface area contributed by atoms with Gasteiger partial charge in [0.25, 0.3) is 0 Å². The lowest BCUT2D eigenvalue weighted by molar-refractivity contribution is 0.0657. The topological polar surface area (TPSA) is 59.6 Å². The van der Waals surface area contributed by atoms with Gasteiger partial charge >= 0.3 is 6.03 Å². The molecular weight excluding hydrogens is 304 g/mol. The maximum Gasteiger partial charge on any atom is 0.319 e. The van der Waals surface area contributed by atoms with Crippen molar-refractivity contribution in [3.8, 4) is 5.75 Å². The number of carbonyl (C=O) groups is 1. The molecule has 0 aliphatic heterocycles. The van der Waals surface area contributed by atoms with Crippen molar-refractivity contribution in [2.24, 2.45) is 0 Å². The summed E-state index contributed by atoms with van der Waals surface area (Å²) in [6, 6.07) is 15.0. The molecule has 2 aromatic carbocycles. The second-order valence-electron chi connectivity index (χ2n) is 5.72. The lowest BCUT2D eigenvalue weighted by atomic mass is 10.2. The molecule has 2 aromatic rings. The highest BCUT2D eigenvalue weighted by molar-refractivity contribution is 5.89. The Labute approximate surface area is 143 Å². The van der Waals surface area contributed by atoms with E-state index in [1.165, 1.54) is 0 Å². The molecule has 0 unspecified atom stereocenters. The molecule has 2 rings (SSSR count). The fourth-order valence-electron chi connectivity index (χ4n) is 2.10. The van der Waals surface area contributed by atoms with Gasteiger partial charge in [-0.3, -0.25) is 0 Å². The normalized spacial score (nSPS) is 10.5. The first-order valence-corrected chi connectivity index (χ1v) is 7.95. The molecule has 0 saturated carbocycles. The second kappa shape index (κ2) is 8.93. The van der Waals surface area contributed by atoms with Crippen LogP contribution in [0.2, 0.25) is 0 Å². The van der Waals surface area contributed by atoms with Crippen LogP contribution < -0.4 is 15.4 Å². The van der Waals surface area contributed by atoms with Gasteiger partial charge < -0.3 is 20.1 Å². The van der Waals surface area contributed by atoms with Gasteiger partial charge in [-0.25, -0.2) is 4.79 Å². The summed E-state index contributed by atoms with van der Waals surface area (Å²) in [5.74, 6) is 0.795. The Bertz CT molecular complexity index is 654. The molecule has 0 aliphatic carbocycles. The Hall–Kier alpha value is -2.53. The third-order valence-corrected chi connectivity index (χ3v) is 3.38. The van der Waals surface area contributed by atoms with Crippen LogP contribution in [0, 0.1) is 0 Å². The fourth-order valence-corrected chi connectivity index (χ4v) is 2.10. The number of methoxy groups -OCH3 is 1. The highest BCUT2D eigenvalue weighted by Gasteiger charge is 2.04. The summed E-state index contributed by atoms with van der Waals surface area (Å²) in [5, 5.41) is 5.66. The van der Waals surface area contributed by atoms with E-state index in [0.717, 1.165) is 22.6 Å². The van der Waals surface area contributed by atoms with Crippen LogP contribution in [0.25, 0.3) is 0 Å². The zero-order valence-corrected chi connectivity index (χ0v) is 14.3. The molecule has 0 aromatic heterocycles. The van der Waals surface area contributed by atoms with Crippen molar-refractivity contribution < 1.29 is 14.3 Å². The largest absolute Gasteiger partial charge is 0.497 e. The molecule has 0 spiro atoms. The molecule has 0 radical (unpaired) electrons. The van der Waals surface area contributed by atoms with E-state index in [9.17, 15) is 4.79 Å². The predicted octanol–water partition coefficient (Wildman–Crippen LogP) is 3.94. The first-order valence-electron chi connectivity index (χ1n) is 7.95. The van der Waals surface area contributed by atoms with E-state index >= 15 is 0 Å². The van der Waals surface area contributed by atoms with E-state index in [1.807, 2.05) is 62.4 Å². The number of carbonyl (C=O) groups excluding carboxylic acids is 1. The SMILES string of the molecule is COc1ccc(CNC(=O)Nc2cccc(COC(C)C)c2)cc1. The quantitative estimate of drug-likeness (QED) is 0.809. The van der Waals surface area contributed by atoms with Gasteiger partial charge in [-0.1, -0.05) is 24.3 Å². The number of benzene rings is 2. The van der Waals surface area contributed by atoms with Crippen LogP contribution in [-0.4, -0.2) is 19.2 Å². The average molecular weight is 328 g/mol. The van der Waals surface area contributed by atoms with Crippen molar-refractivity contribution in [3.05, 3.63) is 59.7 Å². The molecule has 5 heteroatoms. The van der Waals surface area contributed by atoms with Crippen molar-refractivity contribution in [1.29, 1.82) is 0 Å². The number of urea groups is 1. The lowest BCUT2D eigenvalue weighted by Gasteiger charge is -2.11. The van der Waals surface area contributed by atoms with Crippen molar-refractivity contribution in [3.63, 3.8) is 0 Å². The van der Waals surface area contributed by atoms with Crippen molar-refractivity contribution in [1.82, 2.24) is 5.32 Å². The van der Waals surface area contributed by atoms with E-state index in [2.05, 4.69) is 10.6 Å². The molecule has 24 heavy (non-hydrogen) atoms. The summed E-state index contributed by atoms with van der Waals surface area (Å²) in [6.45, 7) is 4.97. The Morgan fingerprint density at radius 1 is 1.08 bits per heavy atom. The first-order chi connectivity index (χ1) is 11.6. The lowest BCUT2D eigenvalue weighted by Crippen LogP contribution is -2.28. The number of hydrogen-bond donors (Lipinski definition) is 2. The minimum atomic E-state index is -0.243. The van der Waals surface area contributed by atoms with Crippen LogP contribution in [0.15, 0.2) is 48.5 Å². The van der Waals surface area contributed by atoms with Gasteiger partial charge in [0.1, 0.15) is 5.75 Å². The Morgan fingerprint density at radius 2 is 1.83 bits per heavy atom. The van der Waals surface area contributed by atoms with Crippen LogP contribution in [0.1, 0.15) is 25.0 Å². The number of ether oxygens (including phenoxy) is 2. The average Bonchev–Trinajstić information content (AvgIpc) is 2.59. The number of nitrogens with one attached hydrogen (secondary N) is 2. The molecule has 5 nitrogen and oxygen atoms in total. The molecule has 128 valence electrons. The highest BCUT2D eigenvalue weighted by atomic mass is 16.5. The molecule has 0 fully saturated rings. The molecule has 0 heterocycles. The summed E-state index contributed by atoms with van der Waals surface area (Å²) < 4.78 is 10.7. The highest BCUT2D eigenvalue weighted by Crippen LogP contribution is 2.13. The molecule has 0 atom stereocenters. The second-order valence-corrected chi connectivity index (χ2v) is 5.72. The molecule has 0 aliphatic rings. The van der Waals surface area contributed by atoms with Crippen LogP contribution in [0.3, 0.4) is 0 Å². The minimum Gasteiger partial charge on any atom is -0.497 e. The zero-order chi connectivity index (χ0) is 17.4. The third kappa shape index (κ3) is 5.93. The summed E-state index contributed by atoms with van der Waals surface area (Å²) in [4.78, 5) is 12.0. The number of amides is 2. The number of rotatable bonds is 7. The fraction of sp³-hybridized carbons (Fsp3) is 0.316. The maximum absolute atomic E-state index is 12.0. The van der Waals surface area contributed by atoms with Gasteiger partial charge in [0.15, 0.2) is 0 Å². The number of hydrogen-bond acceptors (Lipinski definition) is 3. The molecular formula is C19H24N2O3. The van der Waals surface area contributed by atoms with Crippen molar-refractivity contribution in [2.45, 2.75) is 33.1 Å². The van der Waals surface area contributed by atoms with Crippen LogP contribution in [0.4, 0.5) is 10.5 Å². The van der Waals surface area contributed by atoms with Gasteiger partial charge in [-0.05, 0) is 49.2 Å². The van der Waals surface area contributed by atoms with E-state index in [1.54, 1.807) is 7.11 Å². The Kier molecular flexibility index (Phi) is 6.63. The smallest absolute Gasteiger partial charge is 0.319 e. The zero-order valence-electron chi connectivity index (χ0n) is 14.3. The minimum absolute atomic E-state index is 0.175. The van der Waals surface area contributed by atoms with Gasteiger partial charge in [-0.2, -0.15) is 0 Å². The maximum atomic E-state index is 12.0. The van der Waals surface area contributed by atoms with E-state index in [-0.39, 0.29) is 12.1 Å². The van der Waals surface area contributed by atoms with Gasteiger partial charge in [0.2, 0.25) is 0 Å². The molecule has 2 amide bonds. The Balaban J connectivity index is 1.84. The van der Waals surface area contributed by atoms with Crippen molar-refractivity contribution in [2.75, 3.05) is 12.4 Å². The van der Waals surface area contributed by atoms with E-state index in [4.69, 9.17) is 9.47 Å². The van der Waals surface area contributed by atoms with Crippen molar-refractivity contribution >= 4 is 11.7 Å². The van der Waals surface area contributed by atoms with Gasteiger partial charge in [0, 0.05) is 12.2 Å². The summed E-state index contributed by atoms with van der Waals surface area (Å²) in [7, 11) is 1.63. The van der Waals surface area contributed by atoms with E-state index in [0.29, 0.717) is 13.2 Å². The summed E-state index contributed by atoms with van der Waals surface area (Å²) in [6.07, 6.45) is 0.175. The number of anilines is 1. The Morgan fingerprint density at radius 3 is 2.50 bits per heavy atom. The summed E-state index contributed by atoms with van der Waals surface area (Å²) >= 11 is 0. The van der Waals surface area contributed by atoms with E-state index < -0.39 is 0 Å². The van der Waals surface area contributed by atoms with Gasteiger partial charge in [-0.15, -0.1) is 0 Å². The third-order valence-electron chi connectivity index (χ3n) is 3.38. The molecule has 0 bridgehead atoms. The monoisotopic (exact) mass is 328 g/mol. The van der Waals surface area contributed by atoms with Crippen LogP contribution in [0.5, 0.6) is 5.75 Å². The predicted molar refractivity (Wildman–Crippen MR) is 95.2 cm³/mol. The van der Waals surface area contributed by atoms with Crippen LogP contribution >= 0.6 is 0 Å². The first kappa shape index (κ1) is 17.8. The molecule has 0 saturated heterocycles. The summed E-state index contributed by atoms with van der Waals surface area (Å²) in [5.41, 5.74) is 2.77. The molecule has 2 N–H and O–H groups in total. The standard InChI is InChI=1S/C19H24N2O3/c1-14(2)24-13-16-5-4-6-17(11-16)21-19(22)20-12-15-7-9-18(23-3)10-8-15/h4-11,14H,12-13H2,1-3H3,(H2,20,21,22).